The molecule has 16 heteroatoms. The first-order valence-electron chi connectivity index (χ1n) is 19.4. The van der Waals surface area contributed by atoms with E-state index in [1.54, 1.807) is 30.3 Å². The lowest BCUT2D eigenvalue weighted by Crippen LogP contribution is -2.51. The molecule has 0 radical (unpaired) electrons. The molecule has 3 N–H and O–H groups in total. The number of nitrogens with zero attached hydrogens (tertiary/aromatic N) is 3. The normalized spacial score (nSPS) is 15.9. The molecule has 14 nitrogen and oxygen atoms in total. The van der Waals surface area contributed by atoms with E-state index in [1.165, 1.54) is 24.3 Å². The van der Waals surface area contributed by atoms with E-state index in [2.05, 4.69) is 10.2 Å². The molecule has 58 heavy (non-hydrogen) atoms. The lowest BCUT2D eigenvalue weighted by molar-refractivity contribution is 0.0468. The summed E-state index contributed by atoms with van der Waals surface area (Å²) < 4.78 is 51.2. The molecule has 3 heterocycles. The molecule has 0 saturated carbocycles. The molecule has 0 aliphatic carbocycles. The van der Waals surface area contributed by atoms with Crippen LogP contribution in [0.5, 0.6) is 5.75 Å². The summed E-state index contributed by atoms with van der Waals surface area (Å²) in [6.07, 6.45) is 5.48. The summed E-state index contributed by atoms with van der Waals surface area (Å²) in [6.45, 7) is 7.43. The molecule has 6 rings (SSSR count). The third-order valence-corrected chi connectivity index (χ3v) is 11.6. The lowest BCUT2D eigenvalue weighted by atomic mass is 9.80. The maximum Gasteiger partial charge on any atom is 0.347 e. The number of amides is 2. The summed E-state index contributed by atoms with van der Waals surface area (Å²) in [5.41, 5.74) is -0.236. The molecule has 2 aliphatic heterocycles. The number of anilines is 2. The monoisotopic (exact) mass is 835 g/mol. The predicted molar refractivity (Wildman–Crippen MR) is 225 cm³/mol. The Morgan fingerprint density at radius 3 is 2.29 bits per heavy atom. The minimum atomic E-state index is -4.80. The van der Waals surface area contributed by atoms with Crippen LogP contribution < -0.4 is 30.6 Å². The molecule has 4 aromatic rings. The fraction of sp³-hybridized carbons (Fsp3) is 0.405. The number of benzene rings is 3. The van der Waals surface area contributed by atoms with Crippen LogP contribution in [0.4, 0.5) is 11.4 Å². The van der Waals surface area contributed by atoms with Crippen molar-refractivity contribution in [2.45, 2.75) is 45.1 Å². The van der Waals surface area contributed by atoms with Crippen LogP contribution in [0.2, 0.25) is 0 Å². The van der Waals surface area contributed by atoms with Gasteiger partial charge in [-0.2, -0.15) is 8.42 Å². The van der Waals surface area contributed by atoms with Crippen molar-refractivity contribution < 1.29 is 36.6 Å². The lowest BCUT2D eigenvalue weighted by Gasteiger charge is -2.39. The molecular formula is C42H50ClN5O9S. The summed E-state index contributed by atoms with van der Waals surface area (Å²) in [5, 5.41) is 9.28. The number of unbranched alkanes of at least 4 members (excludes halogenated alkanes) is 3. The van der Waals surface area contributed by atoms with Crippen LogP contribution in [0.25, 0.3) is 16.7 Å². The Hall–Kier alpha value is -4.93. The number of halogens is 1. The van der Waals surface area contributed by atoms with E-state index < -0.39 is 33.2 Å². The van der Waals surface area contributed by atoms with Gasteiger partial charge in [-0.3, -0.25) is 9.59 Å². The number of hydrogen-bond donors (Lipinski definition) is 2. The van der Waals surface area contributed by atoms with E-state index in [1.807, 2.05) is 45.0 Å². The van der Waals surface area contributed by atoms with Crippen molar-refractivity contribution in [3.63, 3.8) is 0 Å². The highest BCUT2D eigenvalue weighted by molar-refractivity contribution is 7.87. The van der Waals surface area contributed by atoms with Crippen LogP contribution in [0, 0.1) is 0 Å². The third-order valence-electron chi connectivity index (χ3n) is 10.3. The Bertz CT molecular complexity index is 2360. The van der Waals surface area contributed by atoms with Crippen molar-refractivity contribution in [2.75, 3.05) is 75.8 Å². The Morgan fingerprint density at radius 1 is 0.862 bits per heavy atom. The maximum atomic E-state index is 14.2. The number of fused-ring (bicyclic) bond motifs is 5. The van der Waals surface area contributed by atoms with Crippen molar-refractivity contribution >= 4 is 61.7 Å². The van der Waals surface area contributed by atoms with Gasteiger partial charge in [0.05, 0.1) is 19.8 Å². The predicted octanol–water partition coefficient (Wildman–Crippen LogP) is 5.60. The van der Waals surface area contributed by atoms with Crippen LogP contribution >= 0.6 is 11.6 Å². The minimum absolute atomic E-state index is 0.00238. The third kappa shape index (κ3) is 8.73. The number of carbonyl (C=O) groups excluding carboxylic acids is 2. The first kappa shape index (κ1) is 42.7. The summed E-state index contributed by atoms with van der Waals surface area (Å²) in [7, 11) is -1.15. The van der Waals surface area contributed by atoms with Gasteiger partial charge < -0.3 is 33.7 Å². The van der Waals surface area contributed by atoms with E-state index in [0.29, 0.717) is 46.7 Å². The van der Waals surface area contributed by atoms with Crippen molar-refractivity contribution in [3.8, 4) is 5.75 Å². The number of hydrogen-bond acceptors (Lipinski definition) is 11. The second kappa shape index (κ2) is 18.3. The molecular weight excluding hydrogens is 786 g/mol. The molecule has 1 spiro atoms. The number of rotatable bonds is 19. The molecule has 310 valence electrons. The van der Waals surface area contributed by atoms with Gasteiger partial charge in [-0.05, 0) is 75.2 Å². The van der Waals surface area contributed by atoms with E-state index in [9.17, 15) is 22.8 Å². The number of alkyl halides is 1. The molecule has 0 fully saturated rings. The van der Waals surface area contributed by atoms with Crippen molar-refractivity contribution in [1.29, 1.82) is 0 Å². The summed E-state index contributed by atoms with van der Waals surface area (Å²) in [5.74, 6) is -0.623. The summed E-state index contributed by atoms with van der Waals surface area (Å²) in [6, 6.07) is 16.5. The second-order valence-corrected chi connectivity index (χ2v) is 16.0. The summed E-state index contributed by atoms with van der Waals surface area (Å²) in [4.78, 5) is 45.5. The molecule has 0 saturated heterocycles. The average Bonchev–Trinajstić information content (AvgIpc) is 3.44. The highest BCUT2D eigenvalue weighted by Gasteiger charge is 2.57. The standard InChI is InChI=1S/C42H50ClN5O9S/c1-5-47(6-2)31-13-11-28-23-33(41(51)57-36(28)26-31)38-27-42(34-16-14-30(46(3)4)25-37(34)56-38)35-24-29(12-15-32(35)40(50)48(42)58(44,52)53)39(49)45-18-20-55-22-21-54-19-10-8-7-9-17-43/h11-16,23-27H,5-10,17-22H2,1-4H3,(H,45,49)(H2,44,52,53). The molecule has 3 aromatic carbocycles. The SMILES string of the molecule is CCN(CC)c1ccc2cc(C3=CC4(c5ccc(N(C)C)cc5O3)c3cc(C(=O)NCCOCCOCCCCCCCl)ccc3C(=O)N4S(N)(=O)=O)c(=O)oc2c1. The van der Waals surface area contributed by atoms with Gasteiger partial charge in [0.1, 0.15) is 28.2 Å². The number of ether oxygens (including phenoxy) is 3. The van der Waals surface area contributed by atoms with E-state index >= 15 is 0 Å². The highest BCUT2D eigenvalue weighted by Crippen LogP contribution is 2.54. The Labute approximate surface area is 343 Å². The number of carbonyl (C=O) groups is 2. The Balaban J connectivity index is 1.35. The van der Waals surface area contributed by atoms with Gasteiger partial charge in [0.25, 0.3) is 11.8 Å². The van der Waals surface area contributed by atoms with Crippen LogP contribution in [0.3, 0.4) is 0 Å². The molecule has 1 unspecified atom stereocenters. The van der Waals surface area contributed by atoms with Crippen LogP contribution in [0.1, 0.15) is 76.9 Å². The maximum absolute atomic E-state index is 14.2. The quantitative estimate of drug-likeness (QED) is 0.0684. The van der Waals surface area contributed by atoms with Crippen LogP contribution in [-0.2, 0) is 25.2 Å². The fourth-order valence-electron chi connectivity index (χ4n) is 7.38. The zero-order chi connectivity index (χ0) is 41.6. The van der Waals surface area contributed by atoms with Gasteiger partial charge in [0, 0.05) is 97.4 Å². The number of nitrogens with two attached hydrogens (primary N) is 1. The van der Waals surface area contributed by atoms with Crippen molar-refractivity contribution in [2.24, 2.45) is 5.14 Å². The van der Waals surface area contributed by atoms with Gasteiger partial charge in [0.15, 0.2) is 0 Å². The highest BCUT2D eigenvalue weighted by atomic mass is 35.5. The average molecular weight is 836 g/mol. The van der Waals surface area contributed by atoms with Gasteiger partial charge >= 0.3 is 15.8 Å². The van der Waals surface area contributed by atoms with E-state index in [0.717, 1.165) is 44.5 Å². The number of nitrogens with one attached hydrogen (secondary N) is 1. The first-order chi connectivity index (χ1) is 27.8. The topological polar surface area (TPSA) is 174 Å². The Kier molecular flexibility index (Phi) is 13.5. The van der Waals surface area contributed by atoms with E-state index in [4.69, 9.17) is 35.4 Å². The molecule has 2 amide bonds. The van der Waals surface area contributed by atoms with Gasteiger partial charge in [-0.15, -0.1) is 11.6 Å². The molecule has 2 aliphatic rings. The minimum Gasteiger partial charge on any atom is -0.456 e. The summed E-state index contributed by atoms with van der Waals surface area (Å²) >= 11 is 5.71. The fourth-order valence-corrected chi connectivity index (χ4v) is 8.55. The second-order valence-electron chi connectivity index (χ2n) is 14.3. The zero-order valence-electron chi connectivity index (χ0n) is 33.2. The largest absolute Gasteiger partial charge is 0.456 e. The van der Waals surface area contributed by atoms with E-state index in [-0.39, 0.29) is 52.5 Å². The van der Waals surface area contributed by atoms with Gasteiger partial charge in [-0.1, -0.05) is 18.9 Å². The first-order valence-corrected chi connectivity index (χ1v) is 21.4. The van der Waals surface area contributed by atoms with Crippen molar-refractivity contribution in [1.82, 2.24) is 9.62 Å². The van der Waals surface area contributed by atoms with Crippen LogP contribution in [0.15, 0.2) is 76.0 Å². The zero-order valence-corrected chi connectivity index (χ0v) is 34.8. The molecule has 1 atom stereocenters. The smallest absolute Gasteiger partial charge is 0.347 e. The van der Waals surface area contributed by atoms with Crippen molar-refractivity contribution in [3.05, 3.63) is 105 Å². The van der Waals surface area contributed by atoms with Crippen LogP contribution in [-0.4, -0.2) is 90.6 Å². The van der Waals surface area contributed by atoms with Gasteiger partial charge in [-0.25, -0.2) is 14.2 Å². The Morgan fingerprint density at radius 2 is 1.59 bits per heavy atom. The molecule has 1 aromatic heterocycles. The van der Waals surface area contributed by atoms with Gasteiger partial charge in [0.2, 0.25) is 0 Å². The molecule has 0 bridgehead atoms.